The van der Waals surface area contributed by atoms with E-state index in [1.165, 1.54) is 12.1 Å². The second-order valence-corrected chi connectivity index (χ2v) is 8.02. The summed E-state index contributed by atoms with van der Waals surface area (Å²) in [5.41, 5.74) is 4.23. The predicted molar refractivity (Wildman–Crippen MR) is 118 cm³/mol. The van der Waals surface area contributed by atoms with Gasteiger partial charge in [0.15, 0.2) is 11.4 Å². The zero-order chi connectivity index (χ0) is 21.7. The average Bonchev–Trinajstić information content (AvgIpc) is 3.43. The van der Waals surface area contributed by atoms with Crippen LogP contribution in [0.25, 0.3) is 28.0 Å². The van der Waals surface area contributed by atoms with E-state index in [0.717, 1.165) is 40.3 Å². The summed E-state index contributed by atoms with van der Waals surface area (Å²) in [7, 11) is 0. The van der Waals surface area contributed by atoms with Crippen molar-refractivity contribution in [3.8, 4) is 17.0 Å². The maximum Gasteiger partial charge on any atom is 0.172 e. The van der Waals surface area contributed by atoms with Crippen LogP contribution < -0.4 is 4.90 Å². The standard InChI is InChI=1S/C23H16ClFN6O/c24-15-2-1-3-17(10-15)31-23-18(11-28-31)22(26-13-27-23)30-9-8-20-19(12-30)21(32-29-20)14-4-6-16(25)7-5-14/h1-7,10-11,13H,8-9,12H2. The summed E-state index contributed by atoms with van der Waals surface area (Å²) >= 11 is 6.16. The van der Waals surface area contributed by atoms with Gasteiger partial charge in [0.05, 0.1) is 29.5 Å². The van der Waals surface area contributed by atoms with Crippen molar-refractivity contribution in [2.24, 2.45) is 0 Å². The summed E-state index contributed by atoms with van der Waals surface area (Å²) in [4.78, 5) is 11.2. The monoisotopic (exact) mass is 446 g/mol. The molecular weight excluding hydrogens is 431 g/mol. The van der Waals surface area contributed by atoms with Crippen molar-refractivity contribution < 1.29 is 8.91 Å². The van der Waals surface area contributed by atoms with E-state index in [-0.39, 0.29) is 5.82 Å². The normalized spacial score (nSPS) is 13.5. The van der Waals surface area contributed by atoms with Crippen LogP contribution in [0.3, 0.4) is 0 Å². The molecular formula is C23H16ClFN6O. The highest BCUT2D eigenvalue weighted by molar-refractivity contribution is 6.30. The summed E-state index contributed by atoms with van der Waals surface area (Å²) in [6.45, 7) is 1.30. The number of anilines is 1. The molecule has 6 rings (SSSR count). The van der Waals surface area contributed by atoms with Gasteiger partial charge in [-0.1, -0.05) is 22.8 Å². The molecule has 1 aliphatic rings. The molecule has 0 atom stereocenters. The van der Waals surface area contributed by atoms with Crippen LogP contribution in [-0.2, 0) is 13.0 Å². The van der Waals surface area contributed by atoms with Gasteiger partial charge in [0.2, 0.25) is 0 Å². The molecule has 0 spiro atoms. The van der Waals surface area contributed by atoms with Gasteiger partial charge in [0.1, 0.15) is 18.0 Å². The maximum absolute atomic E-state index is 13.4. The minimum Gasteiger partial charge on any atom is -0.356 e. The van der Waals surface area contributed by atoms with Gasteiger partial charge in [-0.15, -0.1) is 0 Å². The van der Waals surface area contributed by atoms with Gasteiger partial charge in [0, 0.05) is 29.1 Å². The molecule has 0 aliphatic carbocycles. The number of nitrogens with zero attached hydrogens (tertiary/aromatic N) is 6. The van der Waals surface area contributed by atoms with Crippen LogP contribution in [0.4, 0.5) is 10.2 Å². The number of benzene rings is 2. The van der Waals surface area contributed by atoms with Crippen molar-refractivity contribution >= 4 is 28.5 Å². The van der Waals surface area contributed by atoms with Crippen molar-refractivity contribution in [3.63, 3.8) is 0 Å². The topological polar surface area (TPSA) is 72.9 Å². The van der Waals surface area contributed by atoms with E-state index in [2.05, 4.69) is 25.1 Å². The quantitative estimate of drug-likeness (QED) is 0.395. The minimum atomic E-state index is -0.288. The third-order valence-corrected chi connectivity index (χ3v) is 5.88. The van der Waals surface area contributed by atoms with Crippen LogP contribution >= 0.6 is 11.6 Å². The van der Waals surface area contributed by atoms with Crippen LogP contribution in [0.2, 0.25) is 5.02 Å². The predicted octanol–water partition coefficient (Wildman–Crippen LogP) is 4.83. The van der Waals surface area contributed by atoms with E-state index in [1.807, 2.05) is 24.3 Å². The van der Waals surface area contributed by atoms with Crippen molar-refractivity contribution in [1.82, 2.24) is 24.9 Å². The van der Waals surface area contributed by atoms with Crippen LogP contribution in [0, 0.1) is 5.82 Å². The molecule has 9 heteroatoms. The highest BCUT2D eigenvalue weighted by Gasteiger charge is 2.27. The van der Waals surface area contributed by atoms with Gasteiger partial charge in [-0.3, -0.25) is 0 Å². The minimum absolute atomic E-state index is 0.288. The summed E-state index contributed by atoms with van der Waals surface area (Å²) in [6, 6.07) is 13.7. The van der Waals surface area contributed by atoms with E-state index >= 15 is 0 Å². The molecule has 0 N–H and O–H groups in total. The average molecular weight is 447 g/mol. The van der Waals surface area contributed by atoms with Gasteiger partial charge < -0.3 is 9.42 Å². The van der Waals surface area contributed by atoms with Gasteiger partial charge in [-0.2, -0.15) is 5.10 Å². The second-order valence-electron chi connectivity index (χ2n) is 7.59. The molecule has 32 heavy (non-hydrogen) atoms. The fourth-order valence-electron chi connectivity index (χ4n) is 4.10. The highest BCUT2D eigenvalue weighted by Crippen LogP contribution is 2.34. The van der Waals surface area contributed by atoms with Gasteiger partial charge in [-0.25, -0.2) is 19.0 Å². The zero-order valence-corrected chi connectivity index (χ0v) is 17.5. The SMILES string of the molecule is Fc1ccc(-c2onc3c2CN(c2ncnc4c2cnn4-c2cccc(Cl)c2)CC3)cc1. The van der Waals surface area contributed by atoms with E-state index < -0.39 is 0 Å². The van der Waals surface area contributed by atoms with Crippen LogP contribution in [0.1, 0.15) is 11.3 Å². The Labute approximate surface area is 187 Å². The lowest BCUT2D eigenvalue weighted by atomic mass is 10.0. The molecule has 0 fully saturated rings. The molecule has 1 aliphatic heterocycles. The molecule has 2 aromatic carbocycles. The fraction of sp³-hybridized carbons (Fsp3) is 0.130. The van der Waals surface area contributed by atoms with Crippen molar-refractivity contribution in [2.45, 2.75) is 13.0 Å². The molecule has 0 radical (unpaired) electrons. The van der Waals surface area contributed by atoms with Gasteiger partial charge >= 0.3 is 0 Å². The lowest BCUT2D eigenvalue weighted by molar-refractivity contribution is 0.424. The molecule has 0 saturated carbocycles. The summed E-state index contributed by atoms with van der Waals surface area (Å²) < 4.78 is 20.7. The van der Waals surface area contributed by atoms with Gasteiger partial charge in [-0.05, 0) is 42.5 Å². The van der Waals surface area contributed by atoms with Gasteiger partial charge in [0.25, 0.3) is 0 Å². The Morgan fingerprint density at radius 1 is 1.06 bits per heavy atom. The molecule has 7 nitrogen and oxygen atoms in total. The summed E-state index contributed by atoms with van der Waals surface area (Å²) in [6.07, 6.45) is 4.04. The molecule has 0 saturated heterocycles. The Hall–Kier alpha value is -3.78. The molecule has 3 aromatic heterocycles. The number of hydrogen-bond acceptors (Lipinski definition) is 6. The van der Waals surface area contributed by atoms with Crippen LogP contribution in [0.15, 0.2) is 65.6 Å². The number of fused-ring (bicyclic) bond motifs is 2. The first-order valence-corrected chi connectivity index (χ1v) is 10.5. The smallest absolute Gasteiger partial charge is 0.172 e. The molecule has 4 heterocycles. The Bertz CT molecular complexity index is 1440. The Balaban J connectivity index is 1.39. The third kappa shape index (κ3) is 3.11. The first kappa shape index (κ1) is 18.9. The molecule has 5 aromatic rings. The number of aromatic nitrogens is 5. The summed E-state index contributed by atoms with van der Waals surface area (Å²) in [5.74, 6) is 1.16. The Morgan fingerprint density at radius 2 is 1.94 bits per heavy atom. The third-order valence-electron chi connectivity index (χ3n) is 5.64. The van der Waals surface area contributed by atoms with Crippen LogP contribution in [0.5, 0.6) is 0 Å². The molecule has 0 bridgehead atoms. The lowest BCUT2D eigenvalue weighted by Crippen LogP contribution is -2.31. The fourth-order valence-corrected chi connectivity index (χ4v) is 4.29. The van der Waals surface area contributed by atoms with E-state index in [4.69, 9.17) is 16.1 Å². The first-order valence-electron chi connectivity index (χ1n) is 10.1. The van der Waals surface area contributed by atoms with E-state index in [1.54, 1.807) is 29.3 Å². The van der Waals surface area contributed by atoms with Crippen LogP contribution in [-0.4, -0.2) is 31.4 Å². The highest BCUT2D eigenvalue weighted by atomic mass is 35.5. The zero-order valence-electron chi connectivity index (χ0n) is 16.7. The largest absolute Gasteiger partial charge is 0.356 e. The first-order chi connectivity index (χ1) is 15.7. The number of halogens is 2. The van der Waals surface area contributed by atoms with E-state index in [0.29, 0.717) is 29.4 Å². The second kappa shape index (κ2) is 7.42. The molecule has 0 unspecified atom stereocenters. The number of hydrogen-bond donors (Lipinski definition) is 0. The Kier molecular flexibility index (Phi) is 4.39. The van der Waals surface area contributed by atoms with Crippen molar-refractivity contribution in [2.75, 3.05) is 11.4 Å². The van der Waals surface area contributed by atoms with E-state index in [9.17, 15) is 4.39 Å². The molecule has 0 amide bonds. The summed E-state index contributed by atoms with van der Waals surface area (Å²) in [5, 5.41) is 10.2. The van der Waals surface area contributed by atoms with Crippen molar-refractivity contribution in [3.05, 3.63) is 83.2 Å². The Morgan fingerprint density at radius 3 is 2.78 bits per heavy atom. The number of rotatable bonds is 3. The maximum atomic E-state index is 13.4. The van der Waals surface area contributed by atoms with Crippen molar-refractivity contribution in [1.29, 1.82) is 0 Å². The molecule has 158 valence electrons. The lowest BCUT2D eigenvalue weighted by Gasteiger charge is -2.27.